The largest absolute Gasteiger partial charge is 0.326 e. The first kappa shape index (κ1) is 16.2. The lowest BCUT2D eigenvalue weighted by Crippen LogP contribution is -2.27. The van der Waals surface area contributed by atoms with Crippen LogP contribution in [-0.2, 0) is 23.1 Å². The summed E-state index contributed by atoms with van der Waals surface area (Å²) in [6, 6.07) is 14.4. The van der Waals surface area contributed by atoms with Crippen molar-refractivity contribution in [2.24, 2.45) is 5.73 Å². The first-order chi connectivity index (χ1) is 9.96. The van der Waals surface area contributed by atoms with Crippen LogP contribution in [0.15, 0.2) is 57.9 Å². The van der Waals surface area contributed by atoms with Crippen molar-refractivity contribution >= 4 is 26.0 Å². The van der Waals surface area contributed by atoms with Crippen molar-refractivity contribution in [3.63, 3.8) is 0 Å². The van der Waals surface area contributed by atoms with E-state index in [1.54, 1.807) is 31.3 Å². The minimum Gasteiger partial charge on any atom is -0.326 e. The fourth-order valence-corrected chi connectivity index (χ4v) is 3.83. The molecule has 0 aliphatic rings. The van der Waals surface area contributed by atoms with E-state index in [0.717, 1.165) is 10.0 Å². The average molecular weight is 369 g/mol. The van der Waals surface area contributed by atoms with Crippen LogP contribution in [0.4, 0.5) is 0 Å². The van der Waals surface area contributed by atoms with Crippen molar-refractivity contribution in [2.75, 3.05) is 7.05 Å². The Morgan fingerprint density at radius 1 is 1.05 bits per heavy atom. The molecule has 0 bridgehead atoms. The van der Waals surface area contributed by atoms with Crippen LogP contribution in [0.1, 0.15) is 11.1 Å². The molecule has 112 valence electrons. The van der Waals surface area contributed by atoms with Crippen LogP contribution in [0.5, 0.6) is 0 Å². The monoisotopic (exact) mass is 368 g/mol. The van der Waals surface area contributed by atoms with Crippen molar-refractivity contribution in [2.45, 2.75) is 18.0 Å². The van der Waals surface area contributed by atoms with Crippen LogP contribution in [0.3, 0.4) is 0 Å². The van der Waals surface area contributed by atoms with E-state index in [9.17, 15) is 8.42 Å². The smallest absolute Gasteiger partial charge is 0.243 e. The van der Waals surface area contributed by atoms with Gasteiger partial charge in [-0.25, -0.2) is 8.42 Å². The predicted molar refractivity (Wildman–Crippen MR) is 87.1 cm³/mol. The van der Waals surface area contributed by atoms with Gasteiger partial charge >= 0.3 is 0 Å². The van der Waals surface area contributed by atoms with Crippen LogP contribution in [0.2, 0.25) is 0 Å². The second-order valence-electron chi connectivity index (χ2n) is 4.66. The van der Waals surface area contributed by atoms with E-state index in [-0.39, 0.29) is 11.4 Å². The molecular formula is C15H17BrN2O2S. The lowest BCUT2D eigenvalue weighted by atomic mass is 10.2. The Morgan fingerprint density at radius 2 is 1.62 bits per heavy atom. The van der Waals surface area contributed by atoms with Crippen LogP contribution >= 0.6 is 15.9 Å². The molecule has 4 nitrogen and oxygen atoms in total. The second-order valence-corrected chi connectivity index (χ2v) is 7.53. The van der Waals surface area contributed by atoms with E-state index in [1.807, 2.05) is 24.3 Å². The van der Waals surface area contributed by atoms with Crippen LogP contribution in [0, 0.1) is 0 Å². The molecule has 2 N–H and O–H groups in total. The van der Waals surface area contributed by atoms with E-state index in [0.29, 0.717) is 12.1 Å². The molecule has 0 radical (unpaired) electrons. The molecule has 0 aliphatic carbocycles. The predicted octanol–water partition coefficient (Wildman–Crippen LogP) is 2.73. The SMILES string of the molecule is CN(Cc1ccccc1Br)S(=O)(=O)c1ccccc1CN. The summed E-state index contributed by atoms with van der Waals surface area (Å²) < 4.78 is 27.6. The summed E-state index contributed by atoms with van der Waals surface area (Å²) in [4.78, 5) is 0.266. The molecule has 0 spiro atoms. The number of hydrogen-bond donors (Lipinski definition) is 1. The van der Waals surface area contributed by atoms with E-state index < -0.39 is 10.0 Å². The first-order valence-corrected chi connectivity index (χ1v) is 8.68. The van der Waals surface area contributed by atoms with Gasteiger partial charge in [-0.1, -0.05) is 52.3 Å². The zero-order valence-electron chi connectivity index (χ0n) is 11.7. The van der Waals surface area contributed by atoms with Gasteiger partial charge in [0.05, 0.1) is 4.90 Å². The van der Waals surface area contributed by atoms with Crippen molar-refractivity contribution < 1.29 is 8.42 Å². The van der Waals surface area contributed by atoms with Gasteiger partial charge in [0, 0.05) is 24.6 Å². The van der Waals surface area contributed by atoms with Gasteiger partial charge in [-0.05, 0) is 23.3 Å². The molecule has 0 saturated carbocycles. The normalized spacial score (nSPS) is 11.8. The summed E-state index contributed by atoms with van der Waals surface area (Å²) in [5, 5.41) is 0. The topological polar surface area (TPSA) is 63.4 Å². The zero-order chi connectivity index (χ0) is 15.5. The summed E-state index contributed by atoms with van der Waals surface area (Å²) in [7, 11) is -1.99. The van der Waals surface area contributed by atoms with Gasteiger partial charge in [0.15, 0.2) is 0 Å². The third-order valence-electron chi connectivity index (χ3n) is 3.23. The molecule has 0 unspecified atom stereocenters. The van der Waals surface area contributed by atoms with E-state index in [1.165, 1.54) is 4.31 Å². The van der Waals surface area contributed by atoms with Gasteiger partial charge in [-0.15, -0.1) is 0 Å². The molecule has 2 aromatic rings. The molecule has 6 heteroatoms. The molecule has 0 fully saturated rings. The molecule has 0 heterocycles. The Balaban J connectivity index is 2.33. The first-order valence-electron chi connectivity index (χ1n) is 6.44. The summed E-state index contributed by atoms with van der Waals surface area (Å²) in [5.74, 6) is 0. The molecule has 0 aliphatic heterocycles. The highest BCUT2D eigenvalue weighted by Gasteiger charge is 2.23. The Labute approximate surface area is 133 Å². The molecule has 2 aromatic carbocycles. The number of benzene rings is 2. The molecular weight excluding hydrogens is 352 g/mol. The molecule has 2 rings (SSSR count). The van der Waals surface area contributed by atoms with Gasteiger partial charge < -0.3 is 5.73 Å². The van der Waals surface area contributed by atoms with Crippen LogP contribution in [-0.4, -0.2) is 19.8 Å². The van der Waals surface area contributed by atoms with Gasteiger partial charge in [0.1, 0.15) is 0 Å². The quantitative estimate of drug-likeness (QED) is 0.882. The maximum atomic E-state index is 12.7. The molecule has 0 atom stereocenters. The Kier molecular flexibility index (Phi) is 5.16. The fraction of sp³-hybridized carbons (Fsp3) is 0.200. The fourth-order valence-electron chi connectivity index (χ4n) is 2.04. The van der Waals surface area contributed by atoms with Crippen molar-refractivity contribution in [1.82, 2.24) is 4.31 Å². The Bertz CT molecular complexity index is 732. The van der Waals surface area contributed by atoms with E-state index >= 15 is 0 Å². The van der Waals surface area contributed by atoms with Gasteiger partial charge in [-0.2, -0.15) is 4.31 Å². The number of sulfonamides is 1. The third-order valence-corrected chi connectivity index (χ3v) is 5.91. The maximum absolute atomic E-state index is 12.7. The maximum Gasteiger partial charge on any atom is 0.243 e. The molecule has 0 saturated heterocycles. The van der Waals surface area contributed by atoms with Crippen molar-refractivity contribution in [3.05, 3.63) is 64.1 Å². The lowest BCUT2D eigenvalue weighted by Gasteiger charge is -2.19. The average Bonchev–Trinajstić information content (AvgIpc) is 2.49. The summed E-state index contributed by atoms with van der Waals surface area (Å²) in [6.45, 7) is 0.487. The second kappa shape index (κ2) is 6.70. The van der Waals surface area contributed by atoms with Gasteiger partial charge in [-0.3, -0.25) is 0 Å². The molecule has 21 heavy (non-hydrogen) atoms. The Hall–Kier alpha value is -1.21. The summed E-state index contributed by atoms with van der Waals surface area (Å²) in [5.41, 5.74) is 7.17. The highest BCUT2D eigenvalue weighted by Crippen LogP contribution is 2.23. The van der Waals surface area contributed by atoms with Crippen LogP contribution < -0.4 is 5.73 Å². The van der Waals surface area contributed by atoms with Gasteiger partial charge in [0.25, 0.3) is 0 Å². The van der Waals surface area contributed by atoms with Gasteiger partial charge in [0.2, 0.25) is 10.0 Å². The number of halogens is 1. The highest BCUT2D eigenvalue weighted by molar-refractivity contribution is 9.10. The van der Waals surface area contributed by atoms with E-state index in [2.05, 4.69) is 15.9 Å². The molecule has 0 amide bonds. The highest BCUT2D eigenvalue weighted by atomic mass is 79.9. The van der Waals surface area contributed by atoms with Crippen molar-refractivity contribution in [1.29, 1.82) is 0 Å². The third kappa shape index (κ3) is 3.52. The van der Waals surface area contributed by atoms with Crippen molar-refractivity contribution in [3.8, 4) is 0 Å². The van der Waals surface area contributed by atoms with E-state index in [4.69, 9.17) is 5.73 Å². The minimum atomic E-state index is -3.56. The number of nitrogens with zero attached hydrogens (tertiary/aromatic N) is 1. The summed E-state index contributed by atoms with van der Waals surface area (Å²) >= 11 is 3.43. The standard InChI is InChI=1S/C15H17BrN2O2S/c1-18(11-13-7-2-4-8-14(13)16)21(19,20)15-9-5-3-6-12(15)10-17/h2-9H,10-11,17H2,1H3. The number of hydrogen-bond acceptors (Lipinski definition) is 3. The number of rotatable bonds is 5. The zero-order valence-corrected chi connectivity index (χ0v) is 14.1. The van der Waals surface area contributed by atoms with Crippen LogP contribution in [0.25, 0.3) is 0 Å². The number of nitrogens with two attached hydrogens (primary N) is 1. The minimum absolute atomic E-state index is 0.193. The molecule has 0 aromatic heterocycles. The Morgan fingerprint density at radius 3 is 2.24 bits per heavy atom. The summed E-state index contributed by atoms with van der Waals surface area (Å²) in [6.07, 6.45) is 0. The lowest BCUT2D eigenvalue weighted by molar-refractivity contribution is 0.465.